The van der Waals surface area contributed by atoms with Crippen LogP contribution >= 0.6 is 0 Å². The summed E-state index contributed by atoms with van der Waals surface area (Å²) in [5, 5.41) is 13.6. The number of hydrogen-bond donors (Lipinski definition) is 1. The Morgan fingerprint density at radius 2 is 1.88 bits per heavy atom. The number of morpholine rings is 1. The van der Waals surface area contributed by atoms with Crippen LogP contribution in [-0.4, -0.2) is 50.8 Å². The minimum absolute atomic E-state index is 0.0242. The minimum Gasteiger partial charge on any atom is -0.372 e. The van der Waals surface area contributed by atoms with Gasteiger partial charge in [-0.25, -0.2) is 12.8 Å². The number of rotatable bonds is 6. The predicted octanol–water partition coefficient (Wildman–Crippen LogP) is 2.68. The third-order valence-corrected chi connectivity index (χ3v) is 6.11. The summed E-state index contributed by atoms with van der Waals surface area (Å²) in [6.07, 6.45) is 0.848. The molecule has 1 amide bonds. The molecule has 2 aromatic rings. The fourth-order valence-electron chi connectivity index (χ4n) is 3.61. The second-order valence-corrected chi connectivity index (χ2v) is 9.89. The standard InChI is InChI=1S/C21H24FN3O6S/c1-13-11-24(12-14(2)31-13)20-5-4-15(6-19(20)22)10-23-21(26)16-7-17(25(27)28)9-18(8-16)32(3,29)30/h4-9,13-14H,10-12H2,1-3H3,(H,23,26). The van der Waals surface area contributed by atoms with Crippen molar-refractivity contribution in [2.24, 2.45) is 0 Å². The molecule has 172 valence electrons. The number of nitrogens with one attached hydrogen (secondary N) is 1. The molecular formula is C21H24FN3O6S. The van der Waals surface area contributed by atoms with Crippen molar-refractivity contribution in [1.82, 2.24) is 5.32 Å². The quantitative estimate of drug-likeness (QED) is 0.515. The second-order valence-electron chi connectivity index (χ2n) is 7.88. The first-order valence-corrected chi connectivity index (χ1v) is 11.8. The molecule has 2 unspecified atom stereocenters. The summed E-state index contributed by atoms with van der Waals surface area (Å²) < 4.78 is 44.0. The first-order chi connectivity index (χ1) is 14.9. The fraction of sp³-hybridized carbons (Fsp3) is 0.381. The molecule has 32 heavy (non-hydrogen) atoms. The summed E-state index contributed by atoms with van der Waals surface area (Å²) >= 11 is 0. The Kier molecular flexibility index (Phi) is 6.79. The van der Waals surface area contributed by atoms with Crippen LogP contribution in [0.1, 0.15) is 29.8 Å². The zero-order valence-electron chi connectivity index (χ0n) is 17.9. The predicted molar refractivity (Wildman–Crippen MR) is 116 cm³/mol. The molecule has 1 fully saturated rings. The van der Waals surface area contributed by atoms with Crippen LogP contribution in [0.25, 0.3) is 0 Å². The van der Waals surface area contributed by atoms with E-state index in [2.05, 4.69) is 5.32 Å². The SMILES string of the molecule is CC1CN(c2ccc(CNC(=O)c3cc([N+](=O)[O-])cc(S(C)(=O)=O)c3)cc2F)CC(C)O1. The van der Waals surface area contributed by atoms with Gasteiger partial charge in [-0.15, -0.1) is 0 Å². The van der Waals surface area contributed by atoms with Gasteiger partial charge in [-0.1, -0.05) is 6.07 Å². The normalized spacial score (nSPS) is 18.9. The fourth-order valence-corrected chi connectivity index (χ4v) is 4.29. The number of carbonyl (C=O) groups is 1. The van der Waals surface area contributed by atoms with Crippen LogP contribution in [0, 0.1) is 15.9 Å². The van der Waals surface area contributed by atoms with Gasteiger partial charge in [0, 0.05) is 43.6 Å². The van der Waals surface area contributed by atoms with Crippen molar-refractivity contribution < 1.29 is 27.3 Å². The Morgan fingerprint density at radius 3 is 2.44 bits per heavy atom. The molecular weight excluding hydrogens is 441 g/mol. The van der Waals surface area contributed by atoms with E-state index in [9.17, 15) is 27.7 Å². The second kappa shape index (κ2) is 9.21. The molecule has 1 N–H and O–H groups in total. The summed E-state index contributed by atoms with van der Waals surface area (Å²) in [4.78, 5) is 24.4. The lowest BCUT2D eigenvalue weighted by Gasteiger charge is -2.37. The molecule has 0 saturated carbocycles. The molecule has 0 aliphatic carbocycles. The van der Waals surface area contributed by atoms with Gasteiger partial charge >= 0.3 is 0 Å². The van der Waals surface area contributed by atoms with Gasteiger partial charge in [0.1, 0.15) is 5.82 Å². The summed E-state index contributed by atoms with van der Waals surface area (Å²) in [6, 6.07) is 7.59. The van der Waals surface area contributed by atoms with Crippen LogP contribution in [0.4, 0.5) is 15.8 Å². The number of amides is 1. The number of benzene rings is 2. The van der Waals surface area contributed by atoms with Crippen LogP contribution in [0.2, 0.25) is 0 Å². The van der Waals surface area contributed by atoms with E-state index < -0.39 is 32.2 Å². The van der Waals surface area contributed by atoms with Gasteiger partial charge in [-0.05, 0) is 37.6 Å². The third kappa shape index (κ3) is 5.60. The van der Waals surface area contributed by atoms with E-state index >= 15 is 0 Å². The van der Waals surface area contributed by atoms with Crippen molar-refractivity contribution in [2.75, 3.05) is 24.2 Å². The van der Waals surface area contributed by atoms with Crippen molar-refractivity contribution in [3.63, 3.8) is 0 Å². The first-order valence-electron chi connectivity index (χ1n) is 9.90. The Balaban J connectivity index is 1.74. The van der Waals surface area contributed by atoms with Crippen LogP contribution in [0.5, 0.6) is 0 Å². The molecule has 1 saturated heterocycles. The number of anilines is 1. The van der Waals surface area contributed by atoms with Crippen molar-refractivity contribution in [3.8, 4) is 0 Å². The Morgan fingerprint density at radius 1 is 1.22 bits per heavy atom. The lowest BCUT2D eigenvalue weighted by molar-refractivity contribution is -0.385. The molecule has 1 aliphatic heterocycles. The molecule has 3 rings (SSSR count). The molecule has 0 aromatic heterocycles. The highest BCUT2D eigenvalue weighted by atomic mass is 32.2. The number of carbonyl (C=O) groups excluding carboxylic acids is 1. The van der Waals surface area contributed by atoms with E-state index in [4.69, 9.17) is 4.74 Å². The molecule has 11 heteroatoms. The zero-order chi connectivity index (χ0) is 23.6. The molecule has 1 aliphatic rings. The van der Waals surface area contributed by atoms with Crippen molar-refractivity contribution >= 4 is 27.1 Å². The molecule has 0 radical (unpaired) electrons. The maximum Gasteiger partial charge on any atom is 0.271 e. The van der Waals surface area contributed by atoms with Gasteiger partial charge in [0.05, 0.1) is 27.7 Å². The number of nitro benzene ring substituents is 1. The van der Waals surface area contributed by atoms with Gasteiger partial charge in [0.2, 0.25) is 0 Å². The highest BCUT2D eigenvalue weighted by molar-refractivity contribution is 7.90. The monoisotopic (exact) mass is 465 g/mol. The molecule has 2 aromatic carbocycles. The molecule has 0 spiro atoms. The van der Waals surface area contributed by atoms with Crippen molar-refractivity contribution in [3.05, 3.63) is 63.5 Å². The van der Waals surface area contributed by atoms with Crippen LogP contribution in [0.15, 0.2) is 41.3 Å². The van der Waals surface area contributed by atoms with E-state index in [-0.39, 0.29) is 29.2 Å². The number of ether oxygens (including phenoxy) is 1. The van der Waals surface area contributed by atoms with Gasteiger partial charge in [0.25, 0.3) is 11.6 Å². The highest BCUT2D eigenvalue weighted by Crippen LogP contribution is 2.25. The van der Waals surface area contributed by atoms with E-state index in [1.165, 1.54) is 6.07 Å². The van der Waals surface area contributed by atoms with E-state index in [1.807, 2.05) is 18.7 Å². The Hall–Kier alpha value is -3.05. The van der Waals surface area contributed by atoms with Crippen LogP contribution in [-0.2, 0) is 21.1 Å². The number of nitrogens with zero attached hydrogens (tertiary/aromatic N) is 2. The number of halogens is 1. The molecule has 1 heterocycles. The minimum atomic E-state index is -3.76. The first kappa shape index (κ1) is 23.6. The smallest absolute Gasteiger partial charge is 0.271 e. The van der Waals surface area contributed by atoms with E-state index in [0.717, 1.165) is 24.5 Å². The van der Waals surface area contributed by atoms with Gasteiger partial charge in [0.15, 0.2) is 9.84 Å². The maximum atomic E-state index is 14.7. The largest absolute Gasteiger partial charge is 0.372 e. The van der Waals surface area contributed by atoms with E-state index in [1.54, 1.807) is 12.1 Å². The average Bonchev–Trinajstić information content (AvgIpc) is 2.70. The zero-order valence-corrected chi connectivity index (χ0v) is 18.7. The molecule has 0 bridgehead atoms. The Labute approximate surface area is 185 Å². The Bertz CT molecular complexity index is 1140. The topological polar surface area (TPSA) is 119 Å². The lowest BCUT2D eigenvalue weighted by atomic mass is 10.1. The number of hydrogen-bond acceptors (Lipinski definition) is 7. The molecule has 2 atom stereocenters. The van der Waals surface area contributed by atoms with Crippen LogP contribution in [0.3, 0.4) is 0 Å². The number of nitro groups is 1. The molecule has 9 nitrogen and oxygen atoms in total. The number of non-ortho nitro benzene ring substituents is 1. The third-order valence-electron chi connectivity index (χ3n) is 5.02. The summed E-state index contributed by atoms with van der Waals surface area (Å²) in [7, 11) is -3.76. The van der Waals surface area contributed by atoms with Crippen molar-refractivity contribution in [2.45, 2.75) is 37.5 Å². The van der Waals surface area contributed by atoms with Gasteiger partial charge in [-0.3, -0.25) is 14.9 Å². The summed E-state index contributed by atoms with van der Waals surface area (Å²) in [6.45, 7) is 4.93. The summed E-state index contributed by atoms with van der Waals surface area (Å²) in [5.74, 6) is -1.15. The number of sulfone groups is 1. The van der Waals surface area contributed by atoms with E-state index in [0.29, 0.717) is 24.3 Å². The van der Waals surface area contributed by atoms with Gasteiger partial charge < -0.3 is 15.0 Å². The van der Waals surface area contributed by atoms with Gasteiger partial charge in [-0.2, -0.15) is 0 Å². The highest BCUT2D eigenvalue weighted by Gasteiger charge is 2.24. The maximum absolute atomic E-state index is 14.7. The average molecular weight is 466 g/mol. The van der Waals surface area contributed by atoms with Crippen molar-refractivity contribution in [1.29, 1.82) is 0 Å². The lowest BCUT2D eigenvalue weighted by Crippen LogP contribution is -2.45. The summed E-state index contributed by atoms with van der Waals surface area (Å²) in [5.41, 5.74) is 0.247. The van der Waals surface area contributed by atoms with Crippen LogP contribution < -0.4 is 10.2 Å².